The van der Waals surface area contributed by atoms with Crippen molar-refractivity contribution in [1.29, 1.82) is 0 Å². The third-order valence-electron chi connectivity index (χ3n) is 2.58. The zero-order valence-electron chi connectivity index (χ0n) is 9.78. The second kappa shape index (κ2) is 4.67. The summed E-state index contributed by atoms with van der Waals surface area (Å²) in [5.74, 6) is -0.0412. The lowest BCUT2D eigenvalue weighted by Gasteiger charge is -2.04. The van der Waals surface area contributed by atoms with Gasteiger partial charge < -0.3 is 10.3 Å². The Kier molecular flexibility index (Phi) is 3.23. The first-order chi connectivity index (χ1) is 8.09. The lowest BCUT2D eigenvalue weighted by atomic mass is 10.3. The lowest BCUT2D eigenvalue weighted by molar-refractivity contribution is -0.118. The molecular formula is C11H14N4OS. The van der Waals surface area contributed by atoms with E-state index in [1.54, 1.807) is 6.20 Å². The van der Waals surface area contributed by atoms with Crippen molar-refractivity contribution in [3.63, 3.8) is 0 Å². The van der Waals surface area contributed by atoms with Crippen LogP contribution in [0.25, 0.3) is 11.2 Å². The summed E-state index contributed by atoms with van der Waals surface area (Å²) in [7, 11) is 0. The number of nitrogens with zero attached hydrogens (tertiary/aromatic N) is 2. The second-order valence-electron chi connectivity index (χ2n) is 3.89. The standard InChI is InChI=1S/C11H14N4OS/c1-7-3-4-13-10-9(7)14-11(17)15(10)6-5-12-8(2)16/h3-4H,5-6H2,1-2H3,(H,12,16)(H,14,17). The van der Waals surface area contributed by atoms with Crippen LogP contribution in [0.15, 0.2) is 12.3 Å². The van der Waals surface area contributed by atoms with Crippen LogP contribution in [-0.4, -0.2) is 27.0 Å². The maximum Gasteiger partial charge on any atom is 0.216 e. The Morgan fingerprint density at radius 3 is 3.12 bits per heavy atom. The minimum absolute atomic E-state index is 0.0412. The van der Waals surface area contributed by atoms with Crippen molar-refractivity contribution in [2.75, 3.05) is 6.54 Å². The van der Waals surface area contributed by atoms with Gasteiger partial charge in [-0.25, -0.2) is 4.98 Å². The SMILES string of the molecule is CC(=O)NCCn1c(=S)[nH]c2c(C)ccnc21. The predicted octanol–water partition coefficient (Wildman–Crippen LogP) is 1.54. The van der Waals surface area contributed by atoms with Crippen LogP contribution in [0.3, 0.4) is 0 Å². The third kappa shape index (κ3) is 2.36. The molecule has 0 spiro atoms. The number of carbonyl (C=O) groups excluding carboxylic acids is 1. The number of hydrogen-bond donors (Lipinski definition) is 2. The Bertz CT molecular complexity index is 613. The van der Waals surface area contributed by atoms with Crippen molar-refractivity contribution in [1.82, 2.24) is 19.9 Å². The number of H-pyrrole nitrogens is 1. The van der Waals surface area contributed by atoms with Gasteiger partial charge in [-0.3, -0.25) is 9.36 Å². The molecule has 6 heteroatoms. The number of pyridine rings is 1. The smallest absolute Gasteiger partial charge is 0.216 e. The molecule has 0 aliphatic rings. The minimum atomic E-state index is -0.0412. The molecule has 1 amide bonds. The summed E-state index contributed by atoms with van der Waals surface area (Å²) in [5.41, 5.74) is 2.90. The average molecular weight is 250 g/mol. The number of aromatic amines is 1. The van der Waals surface area contributed by atoms with E-state index < -0.39 is 0 Å². The average Bonchev–Trinajstić information content (AvgIpc) is 2.57. The van der Waals surface area contributed by atoms with Gasteiger partial charge in [0.25, 0.3) is 0 Å². The molecule has 2 N–H and O–H groups in total. The fraction of sp³-hybridized carbons (Fsp3) is 0.364. The van der Waals surface area contributed by atoms with Crippen molar-refractivity contribution in [3.8, 4) is 0 Å². The van der Waals surface area contributed by atoms with Crippen LogP contribution in [0, 0.1) is 11.7 Å². The molecule has 0 fully saturated rings. The van der Waals surface area contributed by atoms with E-state index in [9.17, 15) is 4.79 Å². The number of aromatic nitrogens is 3. The van der Waals surface area contributed by atoms with Crippen molar-refractivity contribution >= 4 is 29.3 Å². The van der Waals surface area contributed by atoms with E-state index in [-0.39, 0.29) is 5.91 Å². The summed E-state index contributed by atoms with van der Waals surface area (Å²) in [6.45, 7) is 4.67. The van der Waals surface area contributed by atoms with Crippen LogP contribution >= 0.6 is 12.2 Å². The maximum absolute atomic E-state index is 10.8. The molecule has 5 nitrogen and oxygen atoms in total. The highest BCUT2D eigenvalue weighted by Crippen LogP contribution is 2.14. The number of aryl methyl sites for hydroxylation is 1. The Morgan fingerprint density at radius 2 is 2.41 bits per heavy atom. The molecule has 0 saturated carbocycles. The van der Waals surface area contributed by atoms with Crippen LogP contribution in [-0.2, 0) is 11.3 Å². The molecule has 2 aromatic rings. The van der Waals surface area contributed by atoms with Crippen molar-refractivity contribution in [2.45, 2.75) is 20.4 Å². The first kappa shape index (κ1) is 11.8. The molecule has 0 saturated heterocycles. The van der Waals surface area contributed by atoms with Crippen molar-refractivity contribution in [2.24, 2.45) is 0 Å². The molecule has 90 valence electrons. The van der Waals surface area contributed by atoms with Crippen LogP contribution in [0.2, 0.25) is 0 Å². The molecule has 17 heavy (non-hydrogen) atoms. The zero-order valence-corrected chi connectivity index (χ0v) is 10.6. The highest BCUT2D eigenvalue weighted by molar-refractivity contribution is 7.71. The maximum atomic E-state index is 10.8. The van der Waals surface area contributed by atoms with Gasteiger partial charge in [-0.2, -0.15) is 0 Å². The molecule has 0 bridgehead atoms. The molecule has 0 aliphatic carbocycles. The number of nitrogens with one attached hydrogen (secondary N) is 2. The van der Waals surface area contributed by atoms with E-state index in [4.69, 9.17) is 12.2 Å². The first-order valence-corrected chi connectivity index (χ1v) is 5.79. The largest absolute Gasteiger partial charge is 0.355 e. The van der Waals surface area contributed by atoms with Crippen LogP contribution in [0.1, 0.15) is 12.5 Å². The quantitative estimate of drug-likeness (QED) is 0.812. The van der Waals surface area contributed by atoms with Gasteiger partial charge in [-0.15, -0.1) is 0 Å². The van der Waals surface area contributed by atoms with E-state index in [0.717, 1.165) is 16.7 Å². The van der Waals surface area contributed by atoms with Gasteiger partial charge in [0.1, 0.15) is 0 Å². The van der Waals surface area contributed by atoms with E-state index in [2.05, 4.69) is 15.3 Å². The number of carbonyl (C=O) groups is 1. The molecule has 0 unspecified atom stereocenters. The monoisotopic (exact) mass is 250 g/mol. The number of hydrogen-bond acceptors (Lipinski definition) is 3. The number of rotatable bonds is 3. The first-order valence-electron chi connectivity index (χ1n) is 5.38. The van der Waals surface area contributed by atoms with Gasteiger partial charge in [0, 0.05) is 26.2 Å². The molecule has 2 heterocycles. The van der Waals surface area contributed by atoms with Crippen LogP contribution < -0.4 is 5.32 Å². The minimum Gasteiger partial charge on any atom is -0.355 e. The summed E-state index contributed by atoms with van der Waals surface area (Å²) >= 11 is 5.25. The van der Waals surface area contributed by atoms with Crippen LogP contribution in [0.5, 0.6) is 0 Å². The molecule has 0 aliphatic heterocycles. The van der Waals surface area contributed by atoms with Crippen LogP contribution in [0.4, 0.5) is 0 Å². The van der Waals surface area contributed by atoms with Gasteiger partial charge in [0.15, 0.2) is 10.4 Å². The number of imidazole rings is 1. The Balaban J connectivity index is 2.34. The van der Waals surface area contributed by atoms with Crippen molar-refractivity contribution < 1.29 is 4.79 Å². The summed E-state index contributed by atoms with van der Waals surface area (Å²) in [5, 5.41) is 2.74. The van der Waals surface area contributed by atoms with E-state index >= 15 is 0 Å². The topological polar surface area (TPSA) is 62.7 Å². The normalized spacial score (nSPS) is 10.7. The summed E-state index contributed by atoms with van der Waals surface area (Å²) < 4.78 is 2.53. The molecule has 0 aromatic carbocycles. The van der Waals surface area contributed by atoms with Gasteiger partial charge in [0.2, 0.25) is 5.91 Å². The zero-order chi connectivity index (χ0) is 12.4. The highest BCUT2D eigenvalue weighted by atomic mass is 32.1. The predicted molar refractivity (Wildman–Crippen MR) is 68.3 cm³/mol. The molecule has 2 aromatic heterocycles. The molecular weight excluding hydrogens is 236 g/mol. The number of fused-ring (bicyclic) bond motifs is 1. The molecule has 0 atom stereocenters. The van der Waals surface area contributed by atoms with Gasteiger partial charge >= 0.3 is 0 Å². The third-order valence-corrected chi connectivity index (χ3v) is 2.90. The molecule has 0 radical (unpaired) electrons. The lowest BCUT2D eigenvalue weighted by Crippen LogP contribution is -2.24. The van der Waals surface area contributed by atoms with Gasteiger partial charge in [0.05, 0.1) is 5.52 Å². The Morgan fingerprint density at radius 1 is 1.65 bits per heavy atom. The number of amides is 1. The van der Waals surface area contributed by atoms with Gasteiger partial charge in [-0.1, -0.05) is 0 Å². The Labute approximate surface area is 104 Å². The second-order valence-corrected chi connectivity index (χ2v) is 4.28. The fourth-order valence-corrected chi connectivity index (χ4v) is 2.00. The van der Waals surface area contributed by atoms with E-state index in [0.29, 0.717) is 17.9 Å². The van der Waals surface area contributed by atoms with Crippen molar-refractivity contribution in [3.05, 3.63) is 22.6 Å². The highest BCUT2D eigenvalue weighted by Gasteiger charge is 2.07. The van der Waals surface area contributed by atoms with Gasteiger partial charge in [-0.05, 0) is 30.8 Å². The molecule has 2 rings (SSSR count). The summed E-state index contributed by atoms with van der Waals surface area (Å²) in [4.78, 5) is 18.3. The summed E-state index contributed by atoms with van der Waals surface area (Å²) in [6.07, 6.45) is 1.76. The van der Waals surface area contributed by atoms with E-state index in [1.165, 1.54) is 6.92 Å². The fourth-order valence-electron chi connectivity index (χ4n) is 1.72. The summed E-state index contributed by atoms with van der Waals surface area (Å²) in [6, 6.07) is 1.94. The van der Waals surface area contributed by atoms with E-state index in [1.807, 2.05) is 17.6 Å². The Hall–Kier alpha value is -1.69.